The number of nitrogens with zero attached hydrogens (tertiary/aromatic N) is 1. The fraction of sp³-hybridized carbons (Fsp3) is 0.480. The van der Waals surface area contributed by atoms with Gasteiger partial charge in [-0.15, -0.1) is 0 Å². The predicted molar refractivity (Wildman–Crippen MR) is 125 cm³/mol. The first kappa shape index (κ1) is 23.7. The van der Waals surface area contributed by atoms with Gasteiger partial charge in [-0.25, -0.2) is 4.79 Å². The normalized spacial score (nSPS) is 10.8. The molecule has 0 spiro atoms. The van der Waals surface area contributed by atoms with Gasteiger partial charge >= 0.3 is 6.03 Å². The number of urea groups is 1. The van der Waals surface area contributed by atoms with Crippen molar-refractivity contribution in [2.75, 3.05) is 32.0 Å². The lowest BCUT2D eigenvalue weighted by Crippen LogP contribution is -2.28. The lowest BCUT2D eigenvalue weighted by molar-refractivity contribution is 0.253. The summed E-state index contributed by atoms with van der Waals surface area (Å²) < 4.78 is 6.00. The molecule has 5 nitrogen and oxygen atoms in total. The van der Waals surface area contributed by atoms with E-state index >= 15 is 0 Å². The van der Waals surface area contributed by atoms with Crippen molar-refractivity contribution in [3.63, 3.8) is 0 Å². The van der Waals surface area contributed by atoms with E-state index in [4.69, 9.17) is 4.74 Å². The number of anilines is 1. The van der Waals surface area contributed by atoms with Crippen LogP contribution in [0.1, 0.15) is 50.7 Å². The summed E-state index contributed by atoms with van der Waals surface area (Å²) in [6.45, 7) is 8.27. The number of amides is 2. The second-order valence-corrected chi connectivity index (χ2v) is 7.61. The van der Waals surface area contributed by atoms with Gasteiger partial charge in [-0.05, 0) is 55.6 Å². The minimum atomic E-state index is -0.246. The van der Waals surface area contributed by atoms with Crippen molar-refractivity contribution in [3.05, 3.63) is 59.7 Å². The summed E-state index contributed by atoms with van der Waals surface area (Å²) in [6.07, 6.45) is 5.86. The zero-order chi connectivity index (χ0) is 21.6. The molecule has 0 aliphatic rings. The third kappa shape index (κ3) is 8.46. The summed E-state index contributed by atoms with van der Waals surface area (Å²) in [7, 11) is 1.61. The Labute approximate surface area is 181 Å². The monoisotopic (exact) mass is 411 g/mol. The Morgan fingerprint density at radius 1 is 0.933 bits per heavy atom. The van der Waals surface area contributed by atoms with Crippen LogP contribution in [0, 0.1) is 0 Å². The van der Waals surface area contributed by atoms with Crippen molar-refractivity contribution < 1.29 is 9.53 Å². The number of unbranched alkanes of at least 4 members (excludes halogenated alkanes) is 2. The standard InChI is InChI=1S/C25H37N3O2/c1-4-6-16-28(17-7-5-2)18-15-21-13-14-24(23(19-21)27-25(29)26-3)30-20-22-11-9-8-10-12-22/h8-14,19H,4-7,15-18,20H2,1-3H3,(H2,26,27,29). The van der Waals surface area contributed by atoms with E-state index in [1.807, 2.05) is 42.5 Å². The number of rotatable bonds is 13. The summed E-state index contributed by atoms with van der Waals surface area (Å²) >= 11 is 0. The number of benzene rings is 2. The maximum absolute atomic E-state index is 11.9. The van der Waals surface area contributed by atoms with Crippen molar-refractivity contribution in [1.82, 2.24) is 10.2 Å². The van der Waals surface area contributed by atoms with Crippen LogP contribution in [0.25, 0.3) is 0 Å². The maximum atomic E-state index is 11.9. The van der Waals surface area contributed by atoms with Crippen molar-refractivity contribution in [2.45, 2.75) is 52.6 Å². The third-order valence-corrected chi connectivity index (χ3v) is 5.13. The van der Waals surface area contributed by atoms with Crippen LogP contribution in [0.3, 0.4) is 0 Å². The van der Waals surface area contributed by atoms with Gasteiger partial charge in [0, 0.05) is 13.6 Å². The van der Waals surface area contributed by atoms with Gasteiger partial charge in [0.1, 0.15) is 12.4 Å². The van der Waals surface area contributed by atoms with Crippen LogP contribution in [-0.4, -0.2) is 37.6 Å². The highest BCUT2D eigenvalue weighted by atomic mass is 16.5. The minimum absolute atomic E-state index is 0.246. The van der Waals surface area contributed by atoms with Gasteiger partial charge in [0.05, 0.1) is 5.69 Å². The van der Waals surface area contributed by atoms with E-state index in [-0.39, 0.29) is 6.03 Å². The Morgan fingerprint density at radius 2 is 1.63 bits per heavy atom. The molecule has 0 heterocycles. The van der Waals surface area contributed by atoms with Gasteiger partial charge in [-0.2, -0.15) is 0 Å². The number of carbonyl (C=O) groups is 1. The number of hydrogen-bond acceptors (Lipinski definition) is 3. The van der Waals surface area contributed by atoms with Crippen LogP contribution < -0.4 is 15.4 Å². The lowest BCUT2D eigenvalue weighted by Gasteiger charge is -2.22. The molecule has 2 amide bonds. The molecule has 0 fully saturated rings. The fourth-order valence-electron chi connectivity index (χ4n) is 3.26. The molecule has 0 aliphatic heterocycles. The molecule has 2 aromatic carbocycles. The molecule has 0 atom stereocenters. The molecular weight excluding hydrogens is 374 g/mol. The average Bonchev–Trinajstić information content (AvgIpc) is 2.78. The molecule has 164 valence electrons. The molecule has 2 aromatic rings. The molecular formula is C25H37N3O2. The molecule has 0 aliphatic carbocycles. The largest absolute Gasteiger partial charge is 0.487 e. The Bertz CT molecular complexity index is 741. The van der Waals surface area contributed by atoms with E-state index in [1.54, 1.807) is 7.05 Å². The van der Waals surface area contributed by atoms with Crippen LogP contribution in [-0.2, 0) is 13.0 Å². The van der Waals surface area contributed by atoms with Crippen molar-refractivity contribution in [1.29, 1.82) is 0 Å². The van der Waals surface area contributed by atoms with E-state index in [1.165, 1.54) is 31.2 Å². The van der Waals surface area contributed by atoms with Gasteiger partial charge in [0.2, 0.25) is 0 Å². The Kier molecular flexibility index (Phi) is 10.8. The quantitative estimate of drug-likeness (QED) is 0.460. The highest BCUT2D eigenvalue weighted by molar-refractivity contribution is 5.90. The first-order valence-corrected chi connectivity index (χ1v) is 11.2. The first-order valence-electron chi connectivity index (χ1n) is 11.2. The van der Waals surface area contributed by atoms with Crippen molar-refractivity contribution in [3.8, 4) is 5.75 Å². The molecule has 2 rings (SSSR count). The Hall–Kier alpha value is -2.53. The van der Waals surface area contributed by atoms with E-state index in [0.717, 1.165) is 31.6 Å². The van der Waals surface area contributed by atoms with Crippen molar-refractivity contribution in [2.24, 2.45) is 0 Å². The van der Waals surface area contributed by atoms with E-state index in [9.17, 15) is 4.79 Å². The molecule has 30 heavy (non-hydrogen) atoms. The number of nitrogens with one attached hydrogen (secondary N) is 2. The molecule has 2 N–H and O–H groups in total. The highest BCUT2D eigenvalue weighted by Gasteiger charge is 2.10. The average molecular weight is 412 g/mol. The van der Waals surface area contributed by atoms with Crippen LogP contribution in [0.4, 0.5) is 10.5 Å². The number of ether oxygens (including phenoxy) is 1. The van der Waals surface area contributed by atoms with Gasteiger partial charge in [-0.1, -0.05) is 63.1 Å². The van der Waals surface area contributed by atoms with Gasteiger partial charge < -0.3 is 20.3 Å². The highest BCUT2D eigenvalue weighted by Crippen LogP contribution is 2.27. The fourth-order valence-corrected chi connectivity index (χ4v) is 3.26. The molecule has 5 heteroatoms. The van der Waals surface area contributed by atoms with Crippen LogP contribution in [0.2, 0.25) is 0 Å². The molecule has 0 unspecified atom stereocenters. The molecule has 0 radical (unpaired) electrons. The topological polar surface area (TPSA) is 53.6 Å². The zero-order valence-corrected chi connectivity index (χ0v) is 18.7. The Morgan fingerprint density at radius 3 is 2.27 bits per heavy atom. The van der Waals surface area contributed by atoms with E-state index in [0.29, 0.717) is 18.0 Å². The van der Waals surface area contributed by atoms with E-state index < -0.39 is 0 Å². The third-order valence-electron chi connectivity index (χ3n) is 5.13. The van der Waals surface area contributed by atoms with Crippen LogP contribution in [0.5, 0.6) is 5.75 Å². The zero-order valence-electron chi connectivity index (χ0n) is 18.7. The minimum Gasteiger partial charge on any atom is -0.487 e. The number of hydrogen-bond donors (Lipinski definition) is 2. The summed E-state index contributed by atoms with van der Waals surface area (Å²) in [5.41, 5.74) is 3.00. The van der Waals surface area contributed by atoms with Crippen LogP contribution >= 0.6 is 0 Å². The molecule has 0 bridgehead atoms. The van der Waals surface area contributed by atoms with E-state index in [2.05, 4.69) is 35.4 Å². The molecule has 0 saturated carbocycles. The Balaban J connectivity index is 2.06. The summed E-state index contributed by atoms with van der Waals surface area (Å²) in [4.78, 5) is 14.5. The first-order chi connectivity index (χ1) is 14.7. The smallest absolute Gasteiger partial charge is 0.319 e. The molecule has 0 saturated heterocycles. The maximum Gasteiger partial charge on any atom is 0.319 e. The number of carbonyl (C=O) groups excluding carboxylic acids is 1. The van der Waals surface area contributed by atoms with Crippen LogP contribution in [0.15, 0.2) is 48.5 Å². The SMILES string of the molecule is CCCCN(CCCC)CCc1ccc(OCc2ccccc2)c(NC(=O)NC)c1. The van der Waals surface area contributed by atoms with Gasteiger partial charge in [0.25, 0.3) is 0 Å². The van der Waals surface area contributed by atoms with Gasteiger partial charge in [0.15, 0.2) is 0 Å². The lowest BCUT2D eigenvalue weighted by atomic mass is 10.1. The summed E-state index contributed by atoms with van der Waals surface area (Å²) in [5, 5.41) is 5.52. The second kappa shape index (κ2) is 13.6. The summed E-state index contributed by atoms with van der Waals surface area (Å²) in [6, 6.07) is 15.9. The summed E-state index contributed by atoms with van der Waals surface area (Å²) in [5.74, 6) is 0.681. The molecule has 0 aromatic heterocycles. The van der Waals surface area contributed by atoms with Gasteiger partial charge in [-0.3, -0.25) is 0 Å². The van der Waals surface area contributed by atoms with Crippen molar-refractivity contribution >= 4 is 11.7 Å². The second-order valence-electron chi connectivity index (χ2n) is 7.61. The predicted octanol–water partition coefficient (Wildman–Crippen LogP) is 5.46.